The summed E-state index contributed by atoms with van der Waals surface area (Å²) in [5, 5.41) is 0. The van der Waals surface area contributed by atoms with Gasteiger partial charge in [0.1, 0.15) is 0 Å². The van der Waals surface area contributed by atoms with Crippen molar-refractivity contribution in [1.29, 1.82) is 0 Å². The fraction of sp³-hybridized carbons (Fsp3) is 0.955. The van der Waals surface area contributed by atoms with Crippen LogP contribution in [0.4, 0.5) is 0 Å². The summed E-state index contributed by atoms with van der Waals surface area (Å²) in [6.45, 7) is 6.53. The summed E-state index contributed by atoms with van der Waals surface area (Å²) in [7, 11) is -2.18. The third-order valence-corrected chi connectivity index (χ3v) is 8.20. The summed E-state index contributed by atoms with van der Waals surface area (Å²) >= 11 is 0. The van der Waals surface area contributed by atoms with Crippen LogP contribution >= 0.6 is 0 Å². The molecule has 3 fully saturated rings. The third kappa shape index (κ3) is 6.28. The smallest absolute Gasteiger partial charge is 0.225 e. The zero-order chi connectivity index (χ0) is 20.1. The van der Waals surface area contributed by atoms with Gasteiger partial charge in [0.15, 0.2) is 0 Å². The Bertz CT molecular complexity index is 503. The van der Waals surface area contributed by atoms with Crippen molar-refractivity contribution in [2.75, 3.05) is 25.9 Å². The van der Waals surface area contributed by atoms with Crippen molar-refractivity contribution in [3.63, 3.8) is 0 Å². The predicted molar refractivity (Wildman–Crippen MR) is 115 cm³/mol. The fourth-order valence-corrected chi connectivity index (χ4v) is 6.31. The minimum atomic E-state index is -2.18. The van der Waals surface area contributed by atoms with Gasteiger partial charge in [-0.1, -0.05) is 19.3 Å². The molecule has 0 spiro atoms. The molecule has 0 aromatic heterocycles. The quantitative estimate of drug-likeness (QED) is 0.659. The molecule has 6 heteroatoms. The SMILES string of the molecule is C[Si](C)(O)COC1CCCC(C(=O)N2CCC(C3CCCC(CN)C3)CC2)C1. The van der Waals surface area contributed by atoms with Crippen LogP contribution in [0.3, 0.4) is 0 Å². The molecule has 2 aliphatic carbocycles. The summed E-state index contributed by atoms with van der Waals surface area (Å²) in [6.07, 6.45) is 12.2. The first kappa shape index (κ1) is 22.3. The summed E-state index contributed by atoms with van der Waals surface area (Å²) in [5.41, 5.74) is 5.92. The lowest BCUT2D eigenvalue weighted by Crippen LogP contribution is -2.45. The molecule has 2 saturated carbocycles. The first-order valence-electron chi connectivity index (χ1n) is 11.7. The minimum absolute atomic E-state index is 0.120. The van der Waals surface area contributed by atoms with Gasteiger partial charge in [-0.3, -0.25) is 4.79 Å². The van der Waals surface area contributed by atoms with Crippen LogP contribution in [0.25, 0.3) is 0 Å². The summed E-state index contributed by atoms with van der Waals surface area (Å²) in [4.78, 5) is 25.3. The van der Waals surface area contributed by atoms with Crippen molar-refractivity contribution in [1.82, 2.24) is 4.90 Å². The Labute approximate surface area is 172 Å². The number of nitrogens with two attached hydrogens (primary N) is 1. The molecule has 28 heavy (non-hydrogen) atoms. The van der Waals surface area contributed by atoms with Crippen molar-refractivity contribution >= 4 is 14.2 Å². The molecule has 3 rings (SSSR count). The Morgan fingerprint density at radius 2 is 1.75 bits per heavy atom. The molecule has 162 valence electrons. The molecular formula is C22H42N2O3Si. The van der Waals surface area contributed by atoms with Gasteiger partial charge in [-0.05, 0) is 82.3 Å². The second-order valence-corrected chi connectivity index (χ2v) is 14.2. The number of piperidine rings is 1. The molecule has 4 atom stereocenters. The summed E-state index contributed by atoms with van der Waals surface area (Å²) in [6, 6.07) is 0. The molecule has 0 aromatic rings. The van der Waals surface area contributed by atoms with E-state index in [9.17, 15) is 9.59 Å². The van der Waals surface area contributed by atoms with E-state index < -0.39 is 8.32 Å². The van der Waals surface area contributed by atoms with Gasteiger partial charge in [0.05, 0.1) is 12.3 Å². The molecule has 1 saturated heterocycles. The summed E-state index contributed by atoms with van der Waals surface area (Å²) in [5.74, 6) is 2.82. The van der Waals surface area contributed by atoms with Gasteiger partial charge in [-0.15, -0.1) is 0 Å². The number of nitrogens with zero attached hydrogens (tertiary/aromatic N) is 1. The van der Waals surface area contributed by atoms with Gasteiger partial charge in [-0.25, -0.2) is 0 Å². The standard InChI is InChI=1S/C22H42N2O3Si/c1-28(2,26)16-27-21-8-4-7-20(14-21)22(25)24-11-9-18(10-12-24)19-6-3-5-17(13-19)15-23/h17-21,26H,3-16,23H2,1-2H3. The number of carbonyl (C=O) groups excluding carboxylic acids is 1. The lowest BCUT2D eigenvalue weighted by molar-refractivity contribution is -0.140. The Kier molecular flexibility index (Phi) is 7.99. The number of hydrogen-bond donors (Lipinski definition) is 2. The Hall–Kier alpha value is -0.433. The maximum atomic E-state index is 13.1. The third-order valence-electron chi connectivity index (χ3n) is 7.32. The lowest BCUT2D eigenvalue weighted by Gasteiger charge is -2.41. The fourth-order valence-electron chi connectivity index (χ4n) is 5.67. The number of amides is 1. The monoisotopic (exact) mass is 410 g/mol. The number of rotatable bonds is 6. The topological polar surface area (TPSA) is 75.8 Å². The first-order chi connectivity index (χ1) is 13.4. The van der Waals surface area contributed by atoms with Crippen LogP contribution in [-0.2, 0) is 9.53 Å². The molecule has 1 amide bonds. The second-order valence-electron chi connectivity index (χ2n) is 10.3. The molecule has 0 radical (unpaired) electrons. The van der Waals surface area contributed by atoms with E-state index in [1.165, 1.54) is 38.5 Å². The van der Waals surface area contributed by atoms with Gasteiger partial charge in [-0.2, -0.15) is 0 Å². The van der Waals surface area contributed by atoms with Gasteiger partial charge in [0.25, 0.3) is 0 Å². The maximum absolute atomic E-state index is 13.1. The van der Waals surface area contributed by atoms with Gasteiger partial charge >= 0.3 is 0 Å². The second kappa shape index (κ2) is 10.1. The predicted octanol–water partition coefficient (Wildman–Crippen LogP) is 3.30. The molecule has 1 aliphatic heterocycles. The lowest BCUT2D eigenvalue weighted by atomic mass is 9.72. The number of hydrogen-bond acceptors (Lipinski definition) is 4. The van der Waals surface area contributed by atoms with Crippen molar-refractivity contribution in [3.05, 3.63) is 0 Å². The molecule has 3 N–H and O–H groups in total. The van der Waals surface area contributed by atoms with E-state index in [0.717, 1.165) is 63.1 Å². The summed E-state index contributed by atoms with van der Waals surface area (Å²) < 4.78 is 5.96. The highest BCUT2D eigenvalue weighted by Gasteiger charge is 2.35. The van der Waals surface area contributed by atoms with E-state index in [2.05, 4.69) is 4.90 Å². The van der Waals surface area contributed by atoms with Crippen molar-refractivity contribution in [2.24, 2.45) is 29.4 Å². The van der Waals surface area contributed by atoms with Gasteiger partial charge in [0, 0.05) is 19.0 Å². The van der Waals surface area contributed by atoms with Crippen LogP contribution in [0.2, 0.25) is 13.1 Å². The van der Waals surface area contributed by atoms with Crippen LogP contribution in [0, 0.1) is 23.7 Å². The largest absolute Gasteiger partial charge is 0.430 e. The number of ether oxygens (including phenoxy) is 1. The molecule has 0 bridgehead atoms. The Balaban J connectivity index is 1.44. The van der Waals surface area contributed by atoms with E-state index in [0.29, 0.717) is 12.1 Å². The molecular weight excluding hydrogens is 368 g/mol. The Morgan fingerprint density at radius 1 is 1.04 bits per heavy atom. The van der Waals surface area contributed by atoms with E-state index in [1.807, 2.05) is 13.1 Å². The van der Waals surface area contributed by atoms with Crippen molar-refractivity contribution in [2.45, 2.75) is 83.4 Å². The minimum Gasteiger partial charge on any atom is -0.430 e. The van der Waals surface area contributed by atoms with Crippen LogP contribution in [0.5, 0.6) is 0 Å². The highest BCUT2D eigenvalue weighted by molar-refractivity contribution is 6.69. The highest BCUT2D eigenvalue weighted by atomic mass is 28.4. The molecule has 3 aliphatic rings. The molecule has 5 nitrogen and oxygen atoms in total. The zero-order valence-corrected chi connectivity index (χ0v) is 19.1. The number of likely N-dealkylation sites (tertiary alicyclic amines) is 1. The maximum Gasteiger partial charge on any atom is 0.225 e. The average molecular weight is 411 g/mol. The van der Waals surface area contributed by atoms with E-state index in [4.69, 9.17) is 10.5 Å². The first-order valence-corrected chi connectivity index (χ1v) is 14.8. The van der Waals surface area contributed by atoms with Crippen LogP contribution in [-0.4, -0.2) is 55.9 Å². The van der Waals surface area contributed by atoms with E-state index in [-0.39, 0.29) is 12.0 Å². The van der Waals surface area contributed by atoms with Gasteiger partial charge in [0.2, 0.25) is 14.2 Å². The van der Waals surface area contributed by atoms with Crippen LogP contribution in [0.1, 0.15) is 64.2 Å². The van der Waals surface area contributed by atoms with Crippen molar-refractivity contribution in [3.8, 4) is 0 Å². The van der Waals surface area contributed by atoms with Gasteiger partial charge < -0.3 is 20.2 Å². The van der Waals surface area contributed by atoms with E-state index >= 15 is 0 Å². The Morgan fingerprint density at radius 3 is 2.43 bits per heavy atom. The van der Waals surface area contributed by atoms with Crippen molar-refractivity contribution < 1.29 is 14.3 Å². The molecule has 1 heterocycles. The molecule has 0 aromatic carbocycles. The number of carbonyl (C=O) groups is 1. The molecule has 4 unspecified atom stereocenters. The van der Waals surface area contributed by atoms with E-state index in [1.54, 1.807) is 0 Å². The van der Waals surface area contributed by atoms with Crippen LogP contribution in [0.15, 0.2) is 0 Å². The highest BCUT2D eigenvalue weighted by Crippen LogP contribution is 2.38. The zero-order valence-electron chi connectivity index (χ0n) is 18.1. The van der Waals surface area contributed by atoms with Crippen LogP contribution < -0.4 is 5.73 Å². The average Bonchev–Trinajstić information content (AvgIpc) is 2.71. The normalized spacial score (nSPS) is 33.1.